The molecular weight excluding hydrogens is 287 g/mol. The number of para-hydroxylation sites is 1. The molecular formula is C14H18F3NO3. The van der Waals surface area contributed by atoms with Crippen LogP contribution in [0.15, 0.2) is 24.3 Å². The van der Waals surface area contributed by atoms with Crippen LogP contribution in [0.1, 0.15) is 25.3 Å². The molecule has 1 amide bonds. The smallest absolute Gasteiger partial charge is 0.416 e. The van der Waals surface area contributed by atoms with Crippen LogP contribution < -0.4 is 10.1 Å². The summed E-state index contributed by atoms with van der Waals surface area (Å²) in [6.45, 7) is 2.62. The second-order valence-corrected chi connectivity index (χ2v) is 4.84. The SMILES string of the molecule is CC(C)c1ccccc1OCC(=O)NCC(O)C(F)(F)F. The van der Waals surface area contributed by atoms with Crippen LogP contribution >= 0.6 is 0 Å². The normalized spacial score (nSPS) is 13.1. The van der Waals surface area contributed by atoms with Crippen LogP contribution in [-0.2, 0) is 4.79 Å². The maximum absolute atomic E-state index is 12.1. The Morgan fingerprint density at radius 1 is 1.33 bits per heavy atom. The molecule has 0 spiro atoms. The number of carbonyl (C=O) groups excluding carboxylic acids is 1. The lowest BCUT2D eigenvalue weighted by Crippen LogP contribution is -2.42. The Balaban J connectivity index is 2.47. The lowest BCUT2D eigenvalue weighted by molar-refractivity contribution is -0.201. The fourth-order valence-electron chi connectivity index (χ4n) is 1.61. The molecule has 0 heterocycles. The topological polar surface area (TPSA) is 58.6 Å². The first-order chi connectivity index (χ1) is 9.71. The van der Waals surface area contributed by atoms with Crippen molar-refractivity contribution in [3.05, 3.63) is 29.8 Å². The summed E-state index contributed by atoms with van der Waals surface area (Å²) in [5.41, 5.74) is 0.903. The van der Waals surface area contributed by atoms with E-state index in [1.165, 1.54) is 0 Å². The van der Waals surface area contributed by atoms with Gasteiger partial charge in [0.05, 0.1) is 6.54 Å². The quantitative estimate of drug-likeness (QED) is 0.847. The van der Waals surface area contributed by atoms with Gasteiger partial charge in [-0.2, -0.15) is 13.2 Å². The highest BCUT2D eigenvalue weighted by molar-refractivity contribution is 5.77. The third kappa shape index (κ3) is 5.63. The molecule has 7 heteroatoms. The number of rotatable bonds is 6. The van der Waals surface area contributed by atoms with Gasteiger partial charge >= 0.3 is 6.18 Å². The number of hydrogen-bond acceptors (Lipinski definition) is 3. The molecule has 0 aliphatic carbocycles. The number of nitrogens with one attached hydrogen (secondary N) is 1. The molecule has 0 aliphatic rings. The molecule has 0 aliphatic heterocycles. The van der Waals surface area contributed by atoms with Crippen molar-refractivity contribution in [3.8, 4) is 5.75 Å². The molecule has 4 nitrogen and oxygen atoms in total. The summed E-state index contributed by atoms with van der Waals surface area (Å²) in [6.07, 6.45) is -7.33. The van der Waals surface area contributed by atoms with E-state index in [1.54, 1.807) is 12.1 Å². The summed E-state index contributed by atoms with van der Waals surface area (Å²) in [6, 6.07) is 7.12. The highest BCUT2D eigenvalue weighted by Crippen LogP contribution is 2.25. The lowest BCUT2D eigenvalue weighted by atomic mass is 10.0. The number of carbonyl (C=O) groups is 1. The summed E-state index contributed by atoms with van der Waals surface area (Å²) in [4.78, 5) is 11.4. The molecule has 1 aromatic rings. The summed E-state index contributed by atoms with van der Waals surface area (Å²) < 4.78 is 41.5. The van der Waals surface area contributed by atoms with Crippen LogP contribution in [0.25, 0.3) is 0 Å². The highest BCUT2D eigenvalue weighted by atomic mass is 19.4. The van der Waals surface area contributed by atoms with Crippen molar-refractivity contribution in [2.45, 2.75) is 32.0 Å². The number of benzene rings is 1. The second-order valence-electron chi connectivity index (χ2n) is 4.84. The van der Waals surface area contributed by atoms with Gasteiger partial charge in [-0.15, -0.1) is 0 Å². The van der Waals surface area contributed by atoms with E-state index in [0.717, 1.165) is 5.56 Å². The van der Waals surface area contributed by atoms with Crippen molar-refractivity contribution in [2.75, 3.05) is 13.2 Å². The van der Waals surface area contributed by atoms with Crippen LogP contribution in [0, 0.1) is 0 Å². The van der Waals surface area contributed by atoms with E-state index in [2.05, 4.69) is 0 Å². The lowest BCUT2D eigenvalue weighted by Gasteiger charge is -2.16. The van der Waals surface area contributed by atoms with Crippen LogP contribution in [0.5, 0.6) is 5.75 Å². The van der Waals surface area contributed by atoms with Crippen LogP contribution in [-0.4, -0.2) is 36.4 Å². The molecule has 1 unspecified atom stereocenters. The fourth-order valence-corrected chi connectivity index (χ4v) is 1.61. The summed E-state index contributed by atoms with van der Waals surface area (Å²) >= 11 is 0. The van der Waals surface area contributed by atoms with Gasteiger partial charge in [0.2, 0.25) is 0 Å². The predicted molar refractivity (Wildman–Crippen MR) is 71.1 cm³/mol. The molecule has 0 bridgehead atoms. The highest BCUT2D eigenvalue weighted by Gasteiger charge is 2.38. The Bertz CT molecular complexity index is 475. The van der Waals surface area contributed by atoms with Crippen molar-refractivity contribution < 1.29 is 27.8 Å². The Labute approximate surface area is 120 Å². The molecule has 0 aromatic heterocycles. The van der Waals surface area contributed by atoms with Gasteiger partial charge in [0, 0.05) is 0 Å². The van der Waals surface area contributed by atoms with Crippen LogP contribution in [0.2, 0.25) is 0 Å². The van der Waals surface area contributed by atoms with E-state index in [-0.39, 0.29) is 5.92 Å². The van der Waals surface area contributed by atoms with Gasteiger partial charge in [-0.25, -0.2) is 0 Å². The molecule has 1 rings (SSSR count). The van der Waals surface area contributed by atoms with Crippen LogP contribution in [0.4, 0.5) is 13.2 Å². The number of halogens is 3. The standard InChI is InChI=1S/C14H18F3NO3/c1-9(2)10-5-3-4-6-11(10)21-8-13(20)18-7-12(19)14(15,16)17/h3-6,9,12,19H,7-8H2,1-2H3,(H,18,20). The minimum Gasteiger partial charge on any atom is -0.483 e. The summed E-state index contributed by atoms with van der Waals surface area (Å²) in [5.74, 6) is -0.0211. The van der Waals surface area contributed by atoms with Gasteiger partial charge in [-0.1, -0.05) is 32.0 Å². The zero-order valence-corrected chi connectivity index (χ0v) is 11.8. The summed E-state index contributed by atoms with van der Waals surface area (Å²) in [7, 11) is 0. The van der Waals surface area contributed by atoms with E-state index < -0.39 is 31.3 Å². The Morgan fingerprint density at radius 2 is 1.95 bits per heavy atom. The molecule has 0 saturated heterocycles. The van der Waals surface area contributed by atoms with Crippen molar-refractivity contribution in [1.82, 2.24) is 5.32 Å². The third-order valence-corrected chi connectivity index (χ3v) is 2.77. The molecule has 0 saturated carbocycles. The summed E-state index contributed by atoms with van der Waals surface area (Å²) in [5, 5.41) is 10.7. The van der Waals surface area contributed by atoms with Gasteiger partial charge < -0.3 is 15.2 Å². The third-order valence-electron chi connectivity index (χ3n) is 2.77. The molecule has 1 atom stereocenters. The number of aliphatic hydroxyl groups excluding tert-OH is 1. The average Bonchev–Trinajstić information content (AvgIpc) is 2.41. The zero-order chi connectivity index (χ0) is 16.0. The number of aliphatic hydroxyl groups is 1. The number of hydrogen-bond donors (Lipinski definition) is 2. The number of amides is 1. The maximum atomic E-state index is 12.1. The van der Waals surface area contributed by atoms with Gasteiger partial charge in [-0.3, -0.25) is 4.79 Å². The average molecular weight is 305 g/mol. The first-order valence-corrected chi connectivity index (χ1v) is 6.45. The minimum absolute atomic E-state index is 0.191. The Morgan fingerprint density at radius 3 is 2.52 bits per heavy atom. The largest absolute Gasteiger partial charge is 0.483 e. The second kappa shape index (κ2) is 7.31. The van der Waals surface area contributed by atoms with Gasteiger partial charge in [0.25, 0.3) is 5.91 Å². The van der Waals surface area contributed by atoms with Gasteiger partial charge in [0.15, 0.2) is 12.7 Å². The van der Waals surface area contributed by atoms with E-state index in [1.807, 2.05) is 31.3 Å². The molecule has 0 fully saturated rings. The first-order valence-electron chi connectivity index (χ1n) is 6.45. The Hall–Kier alpha value is -1.76. The number of alkyl halides is 3. The monoisotopic (exact) mass is 305 g/mol. The predicted octanol–water partition coefficient (Wildman–Crippen LogP) is 2.23. The van der Waals surface area contributed by atoms with E-state index >= 15 is 0 Å². The van der Waals surface area contributed by atoms with E-state index in [4.69, 9.17) is 9.84 Å². The fraction of sp³-hybridized carbons (Fsp3) is 0.500. The molecule has 0 radical (unpaired) electrons. The van der Waals surface area contributed by atoms with Crippen molar-refractivity contribution in [2.24, 2.45) is 0 Å². The van der Waals surface area contributed by atoms with Gasteiger partial charge in [-0.05, 0) is 17.5 Å². The Kier molecular flexibility index (Phi) is 6.02. The van der Waals surface area contributed by atoms with E-state index in [9.17, 15) is 18.0 Å². The maximum Gasteiger partial charge on any atom is 0.416 e. The van der Waals surface area contributed by atoms with Crippen molar-refractivity contribution in [1.29, 1.82) is 0 Å². The molecule has 21 heavy (non-hydrogen) atoms. The van der Waals surface area contributed by atoms with Crippen molar-refractivity contribution in [3.63, 3.8) is 0 Å². The zero-order valence-electron chi connectivity index (χ0n) is 11.8. The molecule has 118 valence electrons. The minimum atomic E-state index is -4.75. The first kappa shape index (κ1) is 17.3. The van der Waals surface area contributed by atoms with Gasteiger partial charge in [0.1, 0.15) is 5.75 Å². The molecule has 1 aromatic carbocycles. The van der Waals surface area contributed by atoms with Crippen LogP contribution in [0.3, 0.4) is 0 Å². The number of ether oxygens (including phenoxy) is 1. The van der Waals surface area contributed by atoms with E-state index in [0.29, 0.717) is 5.75 Å². The van der Waals surface area contributed by atoms with Crippen molar-refractivity contribution >= 4 is 5.91 Å². The molecule has 2 N–H and O–H groups in total.